The molecular formula is C19H13ClN2O5. The highest BCUT2D eigenvalue weighted by atomic mass is 35.5. The van der Waals surface area contributed by atoms with Crippen LogP contribution in [0.15, 0.2) is 48.5 Å². The molecule has 0 aliphatic carbocycles. The number of hydrogen-bond acceptors (Lipinski definition) is 5. The predicted octanol–water partition coefficient (Wildman–Crippen LogP) is 2.45. The van der Waals surface area contributed by atoms with Crippen molar-refractivity contribution in [3.63, 3.8) is 0 Å². The second-order valence-electron chi connectivity index (χ2n) is 6.17. The molecule has 1 unspecified atom stereocenters. The molecule has 8 heteroatoms. The molecule has 1 saturated heterocycles. The summed E-state index contributed by atoms with van der Waals surface area (Å²) >= 11 is 5.85. The molecule has 3 amide bonds. The van der Waals surface area contributed by atoms with Gasteiger partial charge in [0.2, 0.25) is 5.91 Å². The summed E-state index contributed by atoms with van der Waals surface area (Å²) in [5.74, 6) is -3.89. The van der Waals surface area contributed by atoms with Gasteiger partial charge in [-0.05, 0) is 42.8 Å². The Kier molecular flexibility index (Phi) is 4.16. The maximum atomic E-state index is 12.6. The average Bonchev–Trinajstić information content (AvgIpc) is 3.16. The zero-order valence-electron chi connectivity index (χ0n) is 13.9. The number of fused-ring (bicyclic) bond motifs is 1. The monoisotopic (exact) mass is 384 g/mol. The van der Waals surface area contributed by atoms with E-state index in [0.29, 0.717) is 22.3 Å². The van der Waals surface area contributed by atoms with Gasteiger partial charge in [0.1, 0.15) is 5.92 Å². The Morgan fingerprint density at radius 3 is 2.15 bits per heavy atom. The lowest BCUT2D eigenvalue weighted by atomic mass is 10.1. The van der Waals surface area contributed by atoms with Crippen LogP contribution in [0.4, 0.5) is 5.69 Å². The number of carbonyl (C=O) groups is 4. The lowest BCUT2D eigenvalue weighted by molar-refractivity contribution is -0.174. The summed E-state index contributed by atoms with van der Waals surface area (Å²) < 4.78 is 0. The third kappa shape index (κ3) is 2.86. The molecule has 0 aromatic heterocycles. The highest BCUT2D eigenvalue weighted by Gasteiger charge is 2.44. The molecule has 0 radical (unpaired) electrons. The molecule has 0 spiro atoms. The van der Waals surface area contributed by atoms with Crippen molar-refractivity contribution in [3.05, 3.63) is 64.7 Å². The minimum atomic E-state index is -1.08. The topological polar surface area (TPSA) is 84.0 Å². The minimum absolute atomic E-state index is 0.163. The normalized spacial score (nSPS) is 18.9. The first-order valence-electron chi connectivity index (χ1n) is 8.24. The van der Waals surface area contributed by atoms with Crippen molar-refractivity contribution >= 4 is 41.0 Å². The molecule has 136 valence electrons. The van der Waals surface area contributed by atoms with Crippen LogP contribution in [0.5, 0.6) is 0 Å². The van der Waals surface area contributed by atoms with Crippen LogP contribution in [-0.2, 0) is 14.4 Å². The van der Waals surface area contributed by atoms with Crippen molar-refractivity contribution in [2.24, 2.45) is 5.92 Å². The summed E-state index contributed by atoms with van der Waals surface area (Å²) in [6, 6.07) is 12.8. The van der Waals surface area contributed by atoms with Gasteiger partial charge < -0.3 is 9.74 Å². The third-order valence-electron chi connectivity index (χ3n) is 4.57. The molecule has 0 saturated carbocycles. The maximum absolute atomic E-state index is 12.6. The Morgan fingerprint density at radius 1 is 0.963 bits per heavy atom. The van der Waals surface area contributed by atoms with Gasteiger partial charge in [0, 0.05) is 17.3 Å². The summed E-state index contributed by atoms with van der Waals surface area (Å²) in [6.07, 6.45) is 0.226. The Hall–Kier alpha value is -3.19. The number of imide groups is 1. The quantitative estimate of drug-likeness (QED) is 0.599. The van der Waals surface area contributed by atoms with Gasteiger partial charge in [-0.1, -0.05) is 28.8 Å². The molecule has 0 bridgehead atoms. The van der Waals surface area contributed by atoms with Gasteiger partial charge in [0.05, 0.1) is 11.1 Å². The van der Waals surface area contributed by atoms with Crippen LogP contribution in [-0.4, -0.2) is 35.3 Å². The minimum Gasteiger partial charge on any atom is -0.329 e. The molecule has 2 heterocycles. The molecule has 7 nitrogen and oxygen atoms in total. The van der Waals surface area contributed by atoms with Crippen LogP contribution in [0.25, 0.3) is 0 Å². The van der Waals surface area contributed by atoms with Crippen LogP contribution in [0.2, 0.25) is 5.02 Å². The standard InChI is InChI=1S/C19H13ClN2O5/c20-11-5-7-12(8-6-11)21-10-9-15(16(21)23)19(26)27-22-17(24)13-3-1-2-4-14(13)18(22)25/h1-8,15H,9-10H2. The van der Waals surface area contributed by atoms with Crippen LogP contribution in [0.1, 0.15) is 27.1 Å². The van der Waals surface area contributed by atoms with Crippen molar-refractivity contribution in [1.29, 1.82) is 0 Å². The fourth-order valence-electron chi connectivity index (χ4n) is 3.18. The van der Waals surface area contributed by atoms with E-state index in [9.17, 15) is 19.2 Å². The van der Waals surface area contributed by atoms with Gasteiger partial charge in [-0.2, -0.15) is 0 Å². The Labute approximate surface area is 159 Å². The first kappa shape index (κ1) is 17.2. The number of rotatable bonds is 3. The highest BCUT2D eigenvalue weighted by Crippen LogP contribution is 2.29. The van der Waals surface area contributed by atoms with Gasteiger partial charge in [0.15, 0.2) is 0 Å². The molecule has 2 aliphatic rings. The largest absolute Gasteiger partial charge is 0.345 e. The number of amides is 3. The first-order chi connectivity index (χ1) is 13.0. The van der Waals surface area contributed by atoms with Crippen molar-refractivity contribution in [2.45, 2.75) is 6.42 Å². The molecule has 4 rings (SSSR count). The summed E-state index contributed by atoms with van der Waals surface area (Å²) in [5.41, 5.74) is 0.937. The SMILES string of the molecule is O=C(ON1C(=O)c2ccccc2C1=O)C1CCN(c2ccc(Cl)cc2)C1=O. The lowest BCUT2D eigenvalue weighted by Gasteiger charge is -2.17. The second-order valence-corrected chi connectivity index (χ2v) is 6.60. The molecule has 0 N–H and O–H groups in total. The van der Waals surface area contributed by atoms with Gasteiger partial charge in [0.25, 0.3) is 11.8 Å². The number of hydroxylamine groups is 2. The van der Waals surface area contributed by atoms with E-state index in [-0.39, 0.29) is 17.5 Å². The Morgan fingerprint density at radius 2 is 1.56 bits per heavy atom. The Bertz CT molecular complexity index is 937. The van der Waals surface area contributed by atoms with Gasteiger partial charge >= 0.3 is 5.97 Å². The number of anilines is 1. The highest BCUT2D eigenvalue weighted by molar-refractivity contribution is 6.30. The number of halogens is 1. The Balaban J connectivity index is 1.48. The molecule has 1 fully saturated rings. The van der Waals surface area contributed by atoms with Gasteiger partial charge in [-0.15, -0.1) is 0 Å². The van der Waals surface area contributed by atoms with E-state index in [1.165, 1.54) is 17.0 Å². The summed E-state index contributed by atoms with van der Waals surface area (Å²) in [7, 11) is 0. The second kappa shape index (κ2) is 6.51. The fourth-order valence-corrected chi connectivity index (χ4v) is 3.31. The zero-order valence-corrected chi connectivity index (χ0v) is 14.7. The van der Waals surface area contributed by atoms with E-state index in [2.05, 4.69) is 0 Å². The lowest BCUT2D eigenvalue weighted by Crippen LogP contribution is -2.38. The maximum Gasteiger partial charge on any atom is 0.345 e. The van der Waals surface area contributed by atoms with Crippen molar-refractivity contribution in [2.75, 3.05) is 11.4 Å². The van der Waals surface area contributed by atoms with Crippen molar-refractivity contribution < 1.29 is 24.0 Å². The number of benzene rings is 2. The molecule has 2 aromatic carbocycles. The van der Waals surface area contributed by atoms with E-state index in [0.717, 1.165) is 0 Å². The van der Waals surface area contributed by atoms with Crippen LogP contribution in [0, 0.1) is 5.92 Å². The molecule has 27 heavy (non-hydrogen) atoms. The van der Waals surface area contributed by atoms with E-state index in [4.69, 9.17) is 16.4 Å². The van der Waals surface area contributed by atoms with Crippen LogP contribution in [0.3, 0.4) is 0 Å². The van der Waals surface area contributed by atoms with E-state index in [1.807, 2.05) is 0 Å². The number of nitrogens with zero attached hydrogens (tertiary/aromatic N) is 2. The summed E-state index contributed by atoms with van der Waals surface area (Å²) in [4.78, 5) is 56.0. The zero-order chi connectivity index (χ0) is 19.1. The number of carbonyl (C=O) groups excluding carboxylic acids is 4. The van der Waals surface area contributed by atoms with Crippen molar-refractivity contribution in [1.82, 2.24) is 5.06 Å². The summed E-state index contributed by atoms with van der Waals surface area (Å²) in [5, 5.41) is 0.956. The van der Waals surface area contributed by atoms with Crippen LogP contribution >= 0.6 is 11.6 Å². The predicted molar refractivity (Wildman–Crippen MR) is 94.9 cm³/mol. The third-order valence-corrected chi connectivity index (χ3v) is 4.82. The van der Waals surface area contributed by atoms with E-state index in [1.54, 1.807) is 36.4 Å². The van der Waals surface area contributed by atoms with Crippen molar-refractivity contribution in [3.8, 4) is 0 Å². The molecule has 2 aliphatic heterocycles. The van der Waals surface area contributed by atoms with E-state index < -0.39 is 29.6 Å². The average molecular weight is 385 g/mol. The van der Waals surface area contributed by atoms with Gasteiger partial charge in [-0.25, -0.2) is 4.79 Å². The molecule has 2 aromatic rings. The molecular weight excluding hydrogens is 372 g/mol. The van der Waals surface area contributed by atoms with E-state index >= 15 is 0 Å². The van der Waals surface area contributed by atoms with Crippen LogP contribution < -0.4 is 4.90 Å². The fraction of sp³-hybridized carbons (Fsp3) is 0.158. The van der Waals surface area contributed by atoms with Gasteiger partial charge in [-0.3, -0.25) is 14.4 Å². The smallest absolute Gasteiger partial charge is 0.329 e. The number of hydrogen-bond donors (Lipinski definition) is 0. The summed E-state index contributed by atoms with van der Waals surface area (Å²) in [6.45, 7) is 0.322. The molecule has 1 atom stereocenters. The first-order valence-corrected chi connectivity index (χ1v) is 8.62.